The van der Waals surface area contributed by atoms with Crippen LogP contribution in [0.2, 0.25) is 0 Å². The summed E-state index contributed by atoms with van der Waals surface area (Å²) in [6.45, 7) is 2.44. The third kappa shape index (κ3) is 5.06. The van der Waals surface area contributed by atoms with E-state index in [1.54, 1.807) is 0 Å². The van der Waals surface area contributed by atoms with Crippen molar-refractivity contribution in [3.05, 3.63) is 54.5 Å². The molecule has 6 rings (SSSR count). The van der Waals surface area contributed by atoms with Gasteiger partial charge in [-0.15, -0.1) is 0 Å². The van der Waals surface area contributed by atoms with Gasteiger partial charge in [0.05, 0.1) is 10.9 Å². The van der Waals surface area contributed by atoms with E-state index in [1.807, 2.05) is 12.3 Å². The van der Waals surface area contributed by atoms with Gasteiger partial charge < -0.3 is 15.2 Å². The molecule has 0 amide bonds. The molecule has 3 aliphatic rings. The highest BCUT2D eigenvalue weighted by atomic mass is 32.2. The topological polar surface area (TPSA) is 114 Å². The van der Waals surface area contributed by atoms with Crippen LogP contribution < -0.4 is 10.2 Å². The summed E-state index contributed by atoms with van der Waals surface area (Å²) in [6, 6.07) is 12.8. The average Bonchev–Trinajstić information content (AvgIpc) is 3.38. The molecule has 9 nitrogen and oxygen atoms in total. The van der Waals surface area contributed by atoms with Gasteiger partial charge in [0, 0.05) is 32.4 Å². The summed E-state index contributed by atoms with van der Waals surface area (Å²) >= 11 is 0. The minimum absolute atomic E-state index is 0.273. The van der Waals surface area contributed by atoms with Crippen molar-refractivity contribution in [2.24, 2.45) is 5.92 Å². The zero-order chi connectivity index (χ0) is 24.5. The van der Waals surface area contributed by atoms with E-state index in [-0.39, 0.29) is 6.54 Å². The van der Waals surface area contributed by atoms with Crippen LogP contribution in [0.15, 0.2) is 48.9 Å². The zero-order valence-corrected chi connectivity index (χ0v) is 20.9. The Kier molecular flexibility index (Phi) is 6.80. The van der Waals surface area contributed by atoms with Crippen LogP contribution >= 0.6 is 0 Å². The lowest BCUT2D eigenvalue weighted by Gasteiger charge is -2.40. The van der Waals surface area contributed by atoms with Gasteiger partial charge in [-0.2, -0.15) is 12.7 Å². The minimum atomic E-state index is -4.14. The van der Waals surface area contributed by atoms with Crippen LogP contribution in [0.25, 0.3) is 11.0 Å². The fourth-order valence-corrected chi connectivity index (χ4v) is 6.53. The monoisotopic (exact) mass is 498 g/mol. The summed E-state index contributed by atoms with van der Waals surface area (Å²) in [7, 11) is -2.09. The SMILES string of the molecule is CNCC(c1ccccc1)C1CCC1.O=S(=O)(O)N1CCN(c2ncnc3[nH]ccc23)CC12CC2. The smallest absolute Gasteiger partial charge is 0.336 e. The fraction of sp³-hybridized carbons (Fsp3) is 0.520. The number of H-pyrrole nitrogens is 1. The first kappa shape index (κ1) is 24.2. The Morgan fingerprint density at radius 2 is 1.94 bits per heavy atom. The molecule has 3 fully saturated rings. The summed E-state index contributed by atoms with van der Waals surface area (Å²) < 4.78 is 33.6. The molecular formula is C25H34N6O3S. The van der Waals surface area contributed by atoms with E-state index >= 15 is 0 Å². The van der Waals surface area contributed by atoms with E-state index < -0.39 is 15.8 Å². The number of likely N-dealkylation sites (N-methyl/N-ethyl adjacent to an activating group) is 1. The predicted octanol–water partition coefficient (Wildman–Crippen LogP) is 3.21. The van der Waals surface area contributed by atoms with Gasteiger partial charge in [-0.1, -0.05) is 36.8 Å². The number of hydrogen-bond acceptors (Lipinski definition) is 6. The predicted molar refractivity (Wildman–Crippen MR) is 137 cm³/mol. The van der Waals surface area contributed by atoms with E-state index in [1.165, 1.54) is 35.5 Å². The van der Waals surface area contributed by atoms with Gasteiger partial charge in [-0.25, -0.2) is 9.97 Å². The summed E-state index contributed by atoms with van der Waals surface area (Å²) in [5.74, 6) is 2.46. The second-order valence-corrected chi connectivity index (χ2v) is 11.2. The maximum atomic E-state index is 11.5. The van der Waals surface area contributed by atoms with E-state index in [0.29, 0.717) is 13.1 Å². The highest BCUT2D eigenvalue weighted by molar-refractivity contribution is 7.83. The summed E-state index contributed by atoms with van der Waals surface area (Å²) in [5.41, 5.74) is 1.80. The van der Waals surface area contributed by atoms with Crippen molar-refractivity contribution in [1.82, 2.24) is 24.6 Å². The van der Waals surface area contributed by atoms with Gasteiger partial charge in [-0.3, -0.25) is 4.55 Å². The van der Waals surface area contributed by atoms with Gasteiger partial charge in [0.25, 0.3) is 0 Å². The van der Waals surface area contributed by atoms with Crippen LogP contribution in [0.1, 0.15) is 43.6 Å². The Morgan fingerprint density at radius 3 is 2.57 bits per heavy atom. The van der Waals surface area contributed by atoms with Crippen LogP contribution in [0.3, 0.4) is 0 Å². The molecule has 1 aromatic carbocycles. The Labute approximate surface area is 206 Å². The molecule has 0 bridgehead atoms. The molecule has 1 aliphatic heterocycles. The number of aromatic nitrogens is 3. The summed E-state index contributed by atoms with van der Waals surface area (Å²) in [6.07, 6.45) is 9.11. The largest absolute Gasteiger partial charge is 0.353 e. The van der Waals surface area contributed by atoms with E-state index in [9.17, 15) is 13.0 Å². The number of hydrogen-bond donors (Lipinski definition) is 3. The Bertz CT molecular complexity index is 1240. The van der Waals surface area contributed by atoms with Crippen molar-refractivity contribution in [2.75, 3.05) is 38.1 Å². The maximum Gasteiger partial charge on any atom is 0.336 e. The molecule has 2 aromatic heterocycles. The lowest BCUT2D eigenvalue weighted by atomic mass is 9.73. The van der Waals surface area contributed by atoms with E-state index in [2.05, 4.69) is 62.5 Å². The maximum absolute atomic E-state index is 11.5. The number of rotatable bonds is 6. The second-order valence-electron chi connectivity index (χ2n) is 9.90. The number of nitrogens with one attached hydrogen (secondary N) is 2. The third-order valence-electron chi connectivity index (χ3n) is 7.70. The zero-order valence-electron chi connectivity index (χ0n) is 20.1. The quantitative estimate of drug-likeness (QED) is 0.447. The number of aromatic amines is 1. The molecule has 3 aromatic rings. The van der Waals surface area contributed by atoms with Crippen molar-refractivity contribution in [3.63, 3.8) is 0 Å². The number of nitrogens with zero attached hydrogens (tertiary/aromatic N) is 4. The molecule has 3 heterocycles. The highest BCUT2D eigenvalue weighted by Gasteiger charge is 2.55. The lowest BCUT2D eigenvalue weighted by Crippen LogP contribution is -2.57. The molecule has 2 aliphatic carbocycles. The van der Waals surface area contributed by atoms with Crippen LogP contribution in [-0.4, -0.2) is 71.0 Å². The van der Waals surface area contributed by atoms with Crippen molar-refractivity contribution in [1.29, 1.82) is 0 Å². The van der Waals surface area contributed by atoms with E-state index in [4.69, 9.17) is 0 Å². The van der Waals surface area contributed by atoms with Crippen LogP contribution in [-0.2, 0) is 10.3 Å². The number of fused-ring (bicyclic) bond motifs is 1. The first-order valence-electron chi connectivity index (χ1n) is 12.4. The van der Waals surface area contributed by atoms with Gasteiger partial charge in [0.15, 0.2) is 0 Å². The standard InChI is InChI=1S/C13H19N.C12H15N5O3S/c1-14-10-13(12-8-5-9-12)11-6-3-2-4-7-11;18-21(19,20)17-6-5-16(7-12(17)2-3-12)11-9-1-4-13-10(9)14-8-15-11/h2-4,6-7,12-14H,5,8-10H2,1H3;1,4,8H,2-3,5-7H2,(H,13,14,15)(H,18,19,20). The van der Waals surface area contributed by atoms with Crippen LogP contribution in [0.4, 0.5) is 5.82 Å². The molecule has 3 N–H and O–H groups in total. The second kappa shape index (κ2) is 9.85. The molecule has 1 spiro atoms. The highest BCUT2D eigenvalue weighted by Crippen LogP contribution is 2.46. The van der Waals surface area contributed by atoms with Crippen molar-refractivity contribution >= 4 is 27.2 Å². The van der Waals surface area contributed by atoms with E-state index in [0.717, 1.165) is 48.1 Å². The molecule has 1 unspecified atom stereocenters. The van der Waals surface area contributed by atoms with Crippen LogP contribution in [0.5, 0.6) is 0 Å². The molecule has 1 atom stereocenters. The average molecular weight is 499 g/mol. The molecule has 188 valence electrons. The Morgan fingerprint density at radius 1 is 1.17 bits per heavy atom. The summed E-state index contributed by atoms with van der Waals surface area (Å²) in [4.78, 5) is 13.6. The fourth-order valence-electron chi connectivity index (χ4n) is 5.48. The van der Waals surface area contributed by atoms with Gasteiger partial charge >= 0.3 is 10.3 Å². The molecular weight excluding hydrogens is 464 g/mol. The summed E-state index contributed by atoms with van der Waals surface area (Å²) in [5, 5.41) is 4.24. The van der Waals surface area contributed by atoms with Crippen molar-refractivity contribution in [3.8, 4) is 0 Å². The Hall–Kier alpha value is -2.53. The molecule has 1 saturated heterocycles. The Balaban J connectivity index is 0.000000158. The molecule has 0 radical (unpaired) electrons. The lowest BCUT2D eigenvalue weighted by molar-refractivity contribution is 0.244. The normalized spacial score (nSPS) is 20.8. The molecule has 35 heavy (non-hydrogen) atoms. The first-order valence-corrected chi connectivity index (χ1v) is 13.8. The molecule has 10 heteroatoms. The number of benzene rings is 1. The van der Waals surface area contributed by atoms with Gasteiger partial charge in [0.2, 0.25) is 0 Å². The minimum Gasteiger partial charge on any atom is -0.353 e. The van der Waals surface area contributed by atoms with Gasteiger partial charge in [0.1, 0.15) is 17.8 Å². The van der Waals surface area contributed by atoms with Gasteiger partial charge in [-0.05, 0) is 56.2 Å². The first-order chi connectivity index (χ1) is 16.9. The van der Waals surface area contributed by atoms with Crippen molar-refractivity contribution < 1.29 is 13.0 Å². The number of piperazine rings is 1. The van der Waals surface area contributed by atoms with Crippen LogP contribution in [0, 0.1) is 5.92 Å². The van der Waals surface area contributed by atoms with Crippen molar-refractivity contribution in [2.45, 2.75) is 43.6 Å². The third-order valence-corrected chi connectivity index (χ3v) is 8.82. The number of anilines is 1. The molecule has 2 saturated carbocycles.